The number of rotatable bonds is 3. The van der Waals surface area contributed by atoms with E-state index in [0.717, 1.165) is 22.6 Å². The highest BCUT2D eigenvalue weighted by Gasteiger charge is 2.37. The standard InChI is InChI=1S/C6H3F3IN3O5S/c7-6(8,9)18-2-1-12-5(13(14)15)3(10)4(2)19(11,16)17/h1H,(H2,11,16,17). The summed E-state index contributed by atoms with van der Waals surface area (Å²) >= 11 is 1.15. The van der Waals surface area contributed by atoms with Crippen LogP contribution in [-0.2, 0) is 10.0 Å². The van der Waals surface area contributed by atoms with Crippen molar-refractivity contribution in [1.82, 2.24) is 4.98 Å². The van der Waals surface area contributed by atoms with Gasteiger partial charge in [-0.25, -0.2) is 13.6 Å². The van der Waals surface area contributed by atoms with Crippen LogP contribution in [0.5, 0.6) is 5.75 Å². The molecule has 13 heteroatoms. The molecule has 0 amide bonds. The molecule has 8 nitrogen and oxygen atoms in total. The van der Waals surface area contributed by atoms with Crippen LogP contribution in [0.1, 0.15) is 0 Å². The van der Waals surface area contributed by atoms with Crippen molar-refractivity contribution in [2.75, 3.05) is 0 Å². The van der Waals surface area contributed by atoms with Crippen molar-refractivity contribution in [2.45, 2.75) is 11.3 Å². The zero-order valence-electron chi connectivity index (χ0n) is 8.51. The molecule has 0 aliphatic carbocycles. The van der Waals surface area contributed by atoms with E-state index in [9.17, 15) is 31.7 Å². The van der Waals surface area contributed by atoms with Crippen molar-refractivity contribution < 1.29 is 31.2 Å². The lowest BCUT2D eigenvalue weighted by atomic mass is 10.4. The largest absolute Gasteiger partial charge is 0.573 e. The van der Waals surface area contributed by atoms with Crippen molar-refractivity contribution in [3.8, 4) is 5.75 Å². The summed E-state index contributed by atoms with van der Waals surface area (Å²) in [5.41, 5.74) is 0. The number of ether oxygens (including phenoxy) is 1. The van der Waals surface area contributed by atoms with Crippen LogP contribution < -0.4 is 9.88 Å². The molecule has 1 aromatic heterocycles. The number of primary sulfonamides is 1. The van der Waals surface area contributed by atoms with Gasteiger partial charge < -0.3 is 14.9 Å². The van der Waals surface area contributed by atoms with Gasteiger partial charge in [0.2, 0.25) is 10.0 Å². The summed E-state index contributed by atoms with van der Waals surface area (Å²) < 4.78 is 61.4. The molecule has 1 heterocycles. The molecule has 2 N–H and O–H groups in total. The molecule has 0 bridgehead atoms. The number of aromatic nitrogens is 1. The third-order valence-electron chi connectivity index (χ3n) is 1.61. The molecule has 0 radical (unpaired) electrons. The van der Waals surface area contributed by atoms with Crippen LogP contribution in [0.2, 0.25) is 0 Å². The van der Waals surface area contributed by atoms with Crippen molar-refractivity contribution in [1.29, 1.82) is 0 Å². The molecule has 0 aromatic carbocycles. The lowest BCUT2D eigenvalue weighted by molar-refractivity contribution is -0.390. The first-order valence-corrected chi connectivity index (χ1v) is 6.67. The quantitative estimate of drug-likeness (QED) is 0.450. The van der Waals surface area contributed by atoms with E-state index in [-0.39, 0.29) is 6.20 Å². The second-order valence-corrected chi connectivity index (χ2v) is 5.52. The number of halogens is 4. The molecule has 0 saturated carbocycles. The van der Waals surface area contributed by atoms with Gasteiger partial charge in [0.05, 0.1) is 0 Å². The minimum atomic E-state index is -5.19. The van der Waals surface area contributed by atoms with Gasteiger partial charge >= 0.3 is 12.2 Å². The normalized spacial score (nSPS) is 12.3. The van der Waals surface area contributed by atoms with Crippen LogP contribution in [0, 0.1) is 13.7 Å². The van der Waals surface area contributed by atoms with Crippen LogP contribution in [0.25, 0.3) is 0 Å². The van der Waals surface area contributed by atoms with Gasteiger partial charge in [-0.3, -0.25) is 0 Å². The van der Waals surface area contributed by atoms with Crippen molar-refractivity contribution in [3.05, 3.63) is 19.9 Å². The van der Waals surface area contributed by atoms with Crippen LogP contribution >= 0.6 is 22.6 Å². The van der Waals surface area contributed by atoms with Crippen molar-refractivity contribution >= 4 is 38.4 Å². The minimum absolute atomic E-state index is 0.271. The summed E-state index contributed by atoms with van der Waals surface area (Å²) in [5, 5.41) is 15.3. The number of nitro groups is 1. The Bertz CT molecular complexity index is 632. The van der Waals surface area contributed by atoms with Gasteiger partial charge in [0.25, 0.3) is 0 Å². The van der Waals surface area contributed by atoms with Crippen molar-refractivity contribution in [2.24, 2.45) is 5.14 Å². The zero-order valence-corrected chi connectivity index (χ0v) is 11.5. The number of nitrogens with two attached hydrogens (primary N) is 1. The third kappa shape index (κ3) is 3.87. The molecule has 19 heavy (non-hydrogen) atoms. The van der Waals surface area contributed by atoms with Crippen LogP contribution in [0.15, 0.2) is 11.1 Å². The van der Waals surface area contributed by atoms with Crippen LogP contribution in [-0.4, -0.2) is 24.7 Å². The Morgan fingerprint density at radius 1 is 1.47 bits per heavy atom. The second kappa shape index (κ2) is 5.04. The predicted molar refractivity (Wildman–Crippen MR) is 61.7 cm³/mol. The van der Waals surface area contributed by atoms with E-state index in [4.69, 9.17) is 5.14 Å². The highest BCUT2D eigenvalue weighted by atomic mass is 127. The number of pyridine rings is 1. The van der Waals surface area contributed by atoms with Gasteiger partial charge in [0, 0.05) is 0 Å². The van der Waals surface area contributed by atoms with Gasteiger partial charge in [-0.1, -0.05) is 0 Å². The number of nitrogens with zero attached hydrogens (tertiary/aromatic N) is 2. The fraction of sp³-hybridized carbons (Fsp3) is 0.167. The number of alkyl halides is 3. The Morgan fingerprint density at radius 3 is 2.37 bits per heavy atom. The maximum Gasteiger partial charge on any atom is 0.573 e. The molecule has 0 aliphatic heterocycles. The van der Waals surface area contributed by atoms with E-state index in [1.165, 1.54) is 0 Å². The summed E-state index contributed by atoms with van der Waals surface area (Å²) in [5.74, 6) is -2.18. The molecular weight excluding hydrogens is 410 g/mol. The predicted octanol–water partition coefficient (Wildman–Crippen LogP) is 1.14. The average molecular weight is 413 g/mol. The van der Waals surface area contributed by atoms with E-state index in [1.54, 1.807) is 0 Å². The smallest absolute Gasteiger partial charge is 0.400 e. The molecule has 0 aliphatic rings. The first-order valence-electron chi connectivity index (χ1n) is 4.05. The van der Waals surface area contributed by atoms with E-state index in [2.05, 4.69) is 9.72 Å². The molecule has 0 spiro atoms. The Kier molecular flexibility index (Phi) is 4.20. The number of hydrogen-bond donors (Lipinski definition) is 1. The molecule has 0 fully saturated rings. The Labute approximate surface area is 117 Å². The summed E-state index contributed by atoms with van der Waals surface area (Å²) in [6, 6.07) is 0. The topological polar surface area (TPSA) is 125 Å². The molecule has 0 unspecified atom stereocenters. The Balaban J connectivity index is 3.59. The molecule has 0 atom stereocenters. The van der Waals surface area contributed by atoms with Gasteiger partial charge in [-0.15, -0.1) is 13.2 Å². The van der Waals surface area contributed by atoms with Crippen molar-refractivity contribution in [3.63, 3.8) is 0 Å². The lowest BCUT2D eigenvalue weighted by Crippen LogP contribution is -2.22. The van der Waals surface area contributed by atoms with E-state index >= 15 is 0 Å². The van der Waals surface area contributed by atoms with Gasteiger partial charge in [0.1, 0.15) is 8.47 Å². The maximum atomic E-state index is 12.1. The van der Waals surface area contributed by atoms with E-state index in [0.29, 0.717) is 0 Å². The van der Waals surface area contributed by atoms with Crippen LogP contribution in [0.3, 0.4) is 0 Å². The maximum absolute atomic E-state index is 12.1. The summed E-state index contributed by atoms with van der Waals surface area (Å²) in [6.07, 6.45) is -4.92. The van der Waals surface area contributed by atoms with Gasteiger partial charge in [0.15, 0.2) is 11.9 Å². The molecule has 0 saturated heterocycles. The van der Waals surface area contributed by atoms with Gasteiger partial charge in [-0.2, -0.15) is 0 Å². The minimum Gasteiger partial charge on any atom is -0.400 e. The van der Waals surface area contributed by atoms with E-state index < -0.39 is 41.3 Å². The average Bonchev–Trinajstić information content (AvgIpc) is 2.11. The third-order valence-corrected chi connectivity index (χ3v) is 3.97. The first kappa shape index (κ1) is 15.8. The zero-order chi connectivity index (χ0) is 15.0. The SMILES string of the molecule is NS(=O)(=O)c1c(OC(F)(F)F)cnc([N+](=O)[O-])c1I. The van der Waals surface area contributed by atoms with Gasteiger partial charge in [-0.05, 0) is 32.5 Å². The Morgan fingerprint density at radius 2 is 2.00 bits per heavy atom. The highest BCUT2D eigenvalue weighted by molar-refractivity contribution is 14.1. The van der Waals surface area contributed by atoms with E-state index in [1.807, 2.05) is 0 Å². The molecule has 1 rings (SSSR count). The summed E-state index contributed by atoms with van der Waals surface area (Å²) in [4.78, 5) is 11.4. The summed E-state index contributed by atoms with van der Waals surface area (Å²) in [7, 11) is -4.67. The highest BCUT2D eigenvalue weighted by Crippen LogP contribution is 2.35. The molecule has 106 valence electrons. The summed E-state index contributed by atoms with van der Waals surface area (Å²) in [6.45, 7) is 0. The Hall–Kier alpha value is -1.22. The molecule has 1 aromatic rings. The fourth-order valence-electron chi connectivity index (χ4n) is 1.03. The van der Waals surface area contributed by atoms with Crippen LogP contribution in [0.4, 0.5) is 19.0 Å². The number of hydrogen-bond acceptors (Lipinski definition) is 6. The number of sulfonamides is 1. The second-order valence-electron chi connectivity index (χ2n) is 2.94. The monoisotopic (exact) mass is 413 g/mol. The fourth-order valence-corrected chi connectivity index (χ4v) is 3.27. The molecular formula is C6H3F3IN3O5S. The first-order chi connectivity index (χ1) is 8.43. The lowest BCUT2D eigenvalue weighted by Gasteiger charge is -2.11.